The highest BCUT2D eigenvalue weighted by Gasteiger charge is 2.32. The Kier molecular flexibility index (Phi) is 8.17. The van der Waals surface area contributed by atoms with Gasteiger partial charge in [0.05, 0.1) is 26.0 Å². The lowest BCUT2D eigenvalue weighted by Crippen LogP contribution is -2.32. The number of aromatic nitrogens is 2. The molecular formula is C26H32N4O4S. The Labute approximate surface area is 210 Å². The average molecular weight is 497 g/mol. The second-order valence-corrected chi connectivity index (χ2v) is 9.16. The fraction of sp³-hybridized carbons (Fsp3) is 0.423. The van der Waals surface area contributed by atoms with Crippen molar-refractivity contribution in [3.8, 4) is 23.0 Å². The molecule has 4 rings (SSSR count). The molecule has 0 bridgehead atoms. The van der Waals surface area contributed by atoms with Gasteiger partial charge in [0, 0.05) is 36.4 Å². The van der Waals surface area contributed by atoms with E-state index in [0.717, 1.165) is 54.2 Å². The van der Waals surface area contributed by atoms with Gasteiger partial charge in [0.25, 0.3) is 5.22 Å². The Morgan fingerprint density at radius 2 is 1.89 bits per heavy atom. The standard InChI is InChI=1S/C26H32N4O4S/c1-5-29(6-2)19-11-9-18(10-12-19)25-27-28-26(34-25)35-17-24(31)30-15-7-8-22(30)21-16-20(32-3)13-14-23(21)33-4/h9-14,16,22H,5-8,15,17H2,1-4H3/t22-/m0/s1. The van der Waals surface area contributed by atoms with Crippen molar-refractivity contribution in [2.24, 2.45) is 0 Å². The lowest BCUT2D eigenvalue weighted by molar-refractivity contribution is -0.129. The number of nitrogens with zero attached hydrogens (tertiary/aromatic N) is 4. The van der Waals surface area contributed by atoms with Crippen LogP contribution in [0, 0.1) is 0 Å². The van der Waals surface area contributed by atoms with Crippen molar-refractivity contribution < 1.29 is 18.7 Å². The van der Waals surface area contributed by atoms with Crippen molar-refractivity contribution in [1.29, 1.82) is 0 Å². The van der Waals surface area contributed by atoms with Gasteiger partial charge in [-0.15, -0.1) is 10.2 Å². The predicted octanol–water partition coefficient (Wildman–Crippen LogP) is 5.06. The molecule has 0 spiro atoms. The smallest absolute Gasteiger partial charge is 0.277 e. The summed E-state index contributed by atoms with van der Waals surface area (Å²) < 4.78 is 16.8. The maximum absolute atomic E-state index is 13.1. The molecular weight excluding hydrogens is 464 g/mol. The molecule has 8 nitrogen and oxygen atoms in total. The molecule has 1 aliphatic heterocycles. The number of amides is 1. The van der Waals surface area contributed by atoms with Gasteiger partial charge in [-0.3, -0.25) is 4.79 Å². The zero-order chi connectivity index (χ0) is 24.8. The molecule has 0 N–H and O–H groups in total. The van der Waals surface area contributed by atoms with E-state index >= 15 is 0 Å². The molecule has 1 aromatic heterocycles. The van der Waals surface area contributed by atoms with Crippen molar-refractivity contribution in [3.05, 3.63) is 48.0 Å². The molecule has 1 saturated heterocycles. The number of anilines is 1. The van der Waals surface area contributed by atoms with E-state index in [4.69, 9.17) is 13.9 Å². The van der Waals surface area contributed by atoms with Crippen LogP contribution in [0.15, 0.2) is 52.1 Å². The quantitative estimate of drug-likeness (QED) is 0.361. The van der Waals surface area contributed by atoms with E-state index in [1.165, 1.54) is 11.8 Å². The Morgan fingerprint density at radius 3 is 2.57 bits per heavy atom. The largest absolute Gasteiger partial charge is 0.497 e. The lowest BCUT2D eigenvalue weighted by Gasteiger charge is -2.26. The highest BCUT2D eigenvalue weighted by Crippen LogP contribution is 2.39. The number of methoxy groups -OCH3 is 2. The van der Waals surface area contributed by atoms with Crippen molar-refractivity contribution in [3.63, 3.8) is 0 Å². The van der Waals surface area contributed by atoms with Crippen LogP contribution in [0.4, 0.5) is 5.69 Å². The number of carbonyl (C=O) groups is 1. The maximum atomic E-state index is 13.1. The Morgan fingerprint density at radius 1 is 1.11 bits per heavy atom. The van der Waals surface area contributed by atoms with Gasteiger partial charge in [-0.1, -0.05) is 11.8 Å². The number of hydrogen-bond donors (Lipinski definition) is 0. The minimum Gasteiger partial charge on any atom is -0.497 e. The zero-order valence-corrected chi connectivity index (χ0v) is 21.5. The summed E-state index contributed by atoms with van der Waals surface area (Å²) in [6.45, 7) is 6.88. The first-order chi connectivity index (χ1) is 17.1. The third-order valence-corrected chi connectivity index (χ3v) is 7.14. The van der Waals surface area contributed by atoms with E-state index in [0.29, 0.717) is 17.7 Å². The number of carbonyl (C=O) groups excluding carboxylic acids is 1. The average Bonchev–Trinajstić information content (AvgIpc) is 3.58. The van der Waals surface area contributed by atoms with Crippen molar-refractivity contribution >= 4 is 23.4 Å². The Balaban J connectivity index is 1.40. The predicted molar refractivity (Wildman–Crippen MR) is 137 cm³/mol. The third kappa shape index (κ3) is 5.56. The summed E-state index contributed by atoms with van der Waals surface area (Å²) in [6.07, 6.45) is 1.82. The topological polar surface area (TPSA) is 80.9 Å². The molecule has 186 valence electrons. The van der Waals surface area contributed by atoms with Crippen LogP contribution in [0.25, 0.3) is 11.5 Å². The highest BCUT2D eigenvalue weighted by molar-refractivity contribution is 7.99. The van der Waals surface area contributed by atoms with Crippen LogP contribution < -0.4 is 14.4 Å². The van der Waals surface area contributed by atoms with E-state index in [2.05, 4.69) is 41.1 Å². The van der Waals surface area contributed by atoms with E-state index in [1.54, 1.807) is 14.2 Å². The number of benzene rings is 2. The summed E-state index contributed by atoms with van der Waals surface area (Å²) in [5.74, 6) is 2.22. The van der Waals surface area contributed by atoms with Crippen LogP contribution in [0.1, 0.15) is 38.3 Å². The van der Waals surface area contributed by atoms with Gasteiger partial charge >= 0.3 is 0 Å². The molecule has 1 fully saturated rings. The van der Waals surface area contributed by atoms with Gasteiger partial charge in [0.2, 0.25) is 11.8 Å². The van der Waals surface area contributed by atoms with Crippen LogP contribution in [0.5, 0.6) is 11.5 Å². The lowest BCUT2D eigenvalue weighted by atomic mass is 10.0. The normalized spacial score (nSPS) is 15.3. The molecule has 1 aliphatic rings. The van der Waals surface area contributed by atoms with Gasteiger partial charge in [-0.05, 0) is 69.2 Å². The summed E-state index contributed by atoms with van der Waals surface area (Å²) in [4.78, 5) is 17.3. The molecule has 0 aliphatic carbocycles. The summed E-state index contributed by atoms with van der Waals surface area (Å²) >= 11 is 1.27. The van der Waals surface area contributed by atoms with Crippen molar-refractivity contribution in [2.45, 2.75) is 38.0 Å². The molecule has 3 aromatic rings. The van der Waals surface area contributed by atoms with E-state index in [9.17, 15) is 4.79 Å². The van der Waals surface area contributed by atoms with Crippen LogP contribution in [-0.4, -0.2) is 60.6 Å². The van der Waals surface area contributed by atoms with Crippen LogP contribution >= 0.6 is 11.8 Å². The van der Waals surface area contributed by atoms with Gasteiger partial charge < -0.3 is 23.7 Å². The van der Waals surface area contributed by atoms with Crippen LogP contribution in [0.3, 0.4) is 0 Å². The Bertz CT molecular complexity index is 1130. The summed E-state index contributed by atoms with van der Waals surface area (Å²) in [7, 11) is 3.28. The van der Waals surface area contributed by atoms with Gasteiger partial charge in [-0.25, -0.2) is 0 Å². The molecule has 0 unspecified atom stereocenters. The van der Waals surface area contributed by atoms with Gasteiger partial charge in [0.15, 0.2) is 0 Å². The first kappa shape index (κ1) is 24.9. The summed E-state index contributed by atoms with van der Waals surface area (Å²) in [5.41, 5.74) is 2.98. The monoisotopic (exact) mass is 496 g/mol. The SMILES string of the molecule is CCN(CC)c1ccc(-c2nnc(SCC(=O)N3CCC[C@H]3c3cc(OC)ccc3OC)o2)cc1. The molecule has 2 heterocycles. The molecule has 1 atom stereocenters. The molecule has 9 heteroatoms. The third-order valence-electron chi connectivity index (χ3n) is 6.34. The van der Waals surface area contributed by atoms with E-state index < -0.39 is 0 Å². The number of likely N-dealkylation sites (tertiary alicyclic amines) is 1. The van der Waals surface area contributed by atoms with Crippen LogP contribution in [-0.2, 0) is 4.79 Å². The second kappa shape index (κ2) is 11.5. The molecule has 2 aromatic carbocycles. The number of rotatable bonds is 10. The molecule has 0 saturated carbocycles. The minimum absolute atomic E-state index is 0.0331. The Hall–Kier alpha value is -3.20. The van der Waals surface area contributed by atoms with E-state index in [1.807, 2.05) is 35.2 Å². The number of thioether (sulfide) groups is 1. The first-order valence-electron chi connectivity index (χ1n) is 11.9. The summed E-state index contributed by atoms with van der Waals surface area (Å²) in [5, 5.41) is 8.70. The fourth-order valence-corrected chi connectivity index (χ4v) is 5.13. The maximum Gasteiger partial charge on any atom is 0.277 e. The molecule has 35 heavy (non-hydrogen) atoms. The fourth-order valence-electron chi connectivity index (χ4n) is 4.48. The minimum atomic E-state index is -0.0456. The van der Waals surface area contributed by atoms with Gasteiger partial charge in [-0.2, -0.15) is 0 Å². The van der Waals surface area contributed by atoms with Crippen molar-refractivity contribution in [2.75, 3.05) is 44.5 Å². The first-order valence-corrected chi connectivity index (χ1v) is 12.9. The van der Waals surface area contributed by atoms with Crippen molar-refractivity contribution in [1.82, 2.24) is 15.1 Å². The van der Waals surface area contributed by atoms with Gasteiger partial charge in [0.1, 0.15) is 11.5 Å². The molecule has 0 radical (unpaired) electrons. The number of ether oxygens (including phenoxy) is 2. The zero-order valence-electron chi connectivity index (χ0n) is 20.7. The summed E-state index contributed by atoms with van der Waals surface area (Å²) in [6, 6.07) is 13.7. The number of hydrogen-bond acceptors (Lipinski definition) is 8. The van der Waals surface area contributed by atoms with Crippen LogP contribution in [0.2, 0.25) is 0 Å². The molecule has 1 amide bonds. The van der Waals surface area contributed by atoms with E-state index in [-0.39, 0.29) is 17.7 Å². The highest BCUT2D eigenvalue weighted by atomic mass is 32.2. The second-order valence-electron chi connectivity index (χ2n) is 8.23.